The van der Waals surface area contributed by atoms with Crippen molar-refractivity contribution in [3.05, 3.63) is 0 Å². The summed E-state index contributed by atoms with van der Waals surface area (Å²) in [5.41, 5.74) is 4.97. The number of carboxylic acid groups (broad SMARTS) is 1. The monoisotopic (exact) mass is 271 g/mol. The molecule has 0 heterocycles. The van der Waals surface area contributed by atoms with Crippen molar-refractivity contribution >= 4 is 17.9 Å². The average molecular weight is 271 g/mol. The van der Waals surface area contributed by atoms with Gasteiger partial charge >= 0.3 is 12.0 Å². The molecule has 0 bridgehead atoms. The SMILES string of the molecule is CC1CC1CN(C)C(=O)N[C@@H](CCC(N)=O)C(=O)O. The first-order chi connectivity index (χ1) is 8.81. The van der Waals surface area contributed by atoms with E-state index < -0.39 is 23.9 Å². The van der Waals surface area contributed by atoms with Gasteiger partial charge in [-0.3, -0.25) is 4.79 Å². The maximum absolute atomic E-state index is 11.8. The van der Waals surface area contributed by atoms with Gasteiger partial charge in [0.15, 0.2) is 0 Å². The van der Waals surface area contributed by atoms with Crippen molar-refractivity contribution < 1.29 is 19.5 Å². The summed E-state index contributed by atoms with van der Waals surface area (Å²) in [6.45, 7) is 2.73. The molecule has 7 nitrogen and oxygen atoms in total. The number of rotatable bonds is 7. The van der Waals surface area contributed by atoms with Crippen LogP contribution in [-0.2, 0) is 9.59 Å². The number of aliphatic carboxylic acids is 1. The topological polar surface area (TPSA) is 113 Å². The van der Waals surface area contributed by atoms with Crippen molar-refractivity contribution in [2.24, 2.45) is 17.6 Å². The molecule has 19 heavy (non-hydrogen) atoms. The van der Waals surface area contributed by atoms with Crippen LogP contribution in [0.3, 0.4) is 0 Å². The van der Waals surface area contributed by atoms with Crippen LogP contribution in [0, 0.1) is 11.8 Å². The van der Waals surface area contributed by atoms with Crippen molar-refractivity contribution in [3.8, 4) is 0 Å². The lowest BCUT2D eigenvalue weighted by atomic mass is 10.1. The highest BCUT2D eigenvalue weighted by atomic mass is 16.4. The molecule has 1 rings (SSSR count). The van der Waals surface area contributed by atoms with Gasteiger partial charge in [0.25, 0.3) is 0 Å². The second-order valence-corrected chi connectivity index (χ2v) is 5.20. The smallest absolute Gasteiger partial charge is 0.326 e. The molecule has 1 fully saturated rings. The predicted octanol–water partition coefficient (Wildman–Crippen LogP) is 0.00250. The maximum atomic E-state index is 11.8. The Morgan fingerprint density at radius 1 is 1.47 bits per heavy atom. The van der Waals surface area contributed by atoms with E-state index in [4.69, 9.17) is 10.8 Å². The molecule has 108 valence electrons. The summed E-state index contributed by atoms with van der Waals surface area (Å²) in [7, 11) is 1.63. The molecule has 0 spiro atoms. The lowest BCUT2D eigenvalue weighted by Crippen LogP contribution is -2.47. The Morgan fingerprint density at radius 2 is 2.05 bits per heavy atom. The van der Waals surface area contributed by atoms with Crippen LogP contribution in [0.4, 0.5) is 4.79 Å². The Morgan fingerprint density at radius 3 is 2.47 bits per heavy atom. The summed E-state index contributed by atoms with van der Waals surface area (Å²) < 4.78 is 0. The lowest BCUT2D eigenvalue weighted by Gasteiger charge is -2.21. The highest BCUT2D eigenvalue weighted by molar-refractivity contribution is 5.83. The summed E-state index contributed by atoms with van der Waals surface area (Å²) in [5.74, 6) is -0.617. The predicted molar refractivity (Wildman–Crippen MR) is 68.3 cm³/mol. The summed E-state index contributed by atoms with van der Waals surface area (Å²) in [6.07, 6.45) is 1.03. The normalized spacial score (nSPS) is 22.4. The molecule has 4 N–H and O–H groups in total. The lowest BCUT2D eigenvalue weighted by molar-refractivity contribution is -0.139. The number of carbonyl (C=O) groups excluding carboxylic acids is 2. The number of urea groups is 1. The van der Waals surface area contributed by atoms with Crippen LogP contribution in [0.25, 0.3) is 0 Å². The van der Waals surface area contributed by atoms with Crippen molar-refractivity contribution in [2.45, 2.75) is 32.2 Å². The standard InChI is InChI=1S/C12H21N3O4/c1-7-5-8(7)6-15(2)12(19)14-9(11(17)18)3-4-10(13)16/h7-9H,3-6H2,1-2H3,(H2,13,16)(H,14,19)(H,17,18)/t7?,8?,9-/m0/s1. The molecule has 1 saturated carbocycles. The van der Waals surface area contributed by atoms with Crippen molar-refractivity contribution in [1.29, 1.82) is 0 Å². The van der Waals surface area contributed by atoms with E-state index in [9.17, 15) is 14.4 Å². The number of carbonyl (C=O) groups is 3. The van der Waals surface area contributed by atoms with E-state index in [1.54, 1.807) is 7.05 Å². The Kier molecular flexibility index (Phi) is 5.14. The minimum Gasteiger partial charge on any atom is -0.480 e. The maximum Gasteiger partial charge on any atom is 0.326 e. The average Bonchev–Trinajstić information content (AvgIpc) is 2.98. The quantitative estimate of drug-likeness (QED) is 0.605. The molecule has 0 aliphatic heterocycles. The van der Waals surface area contributed by atoms with Gasteiger partial charge in [0.2, 0.25) is 5.91 Å². The second-order valence-electron chi connectivity index (χ2n) is 5.20. The first-order valence-electron chi connectivity index (χ1n) is 6.34. The first kappa shape index (κ1) is 15.3. The molecular weight excluding hydrogens is 250 g/mol. The number of hydrogen-bond acceptors (Lipinski definition) is 3. The molecule has 0 aromatic carbocycles. The van der Waals surface area contributed by atoms with Crippen LogP contribution in [-0.4, -0.2) is 47.5 Å². The molecule has 7 heteroatoms. The number of nitrogens with two attached hydrogens (primary N) is 1. The van der Waals surface area contributed by atoms with Crippen LogP contribution in [0.5, 0.6) is 0 Å². The number of amides is 3. The summed E-state index contributed by atoms with van der Waals surface area (Å²) in [6, 6.07) is -1.52. The van der Waals surface area contributed by atoms with Crippen LogP contribution in [0.2, 0.25) is 0 Å². The molecule has 0 saturated heterocycles. The fourth-order valence-corrected chi connectivity index (χ4v) is 1.89. The minimum atomic E-state index is -1.16. The zero-order valence-corrected chi connectivity index (χ0v) is 11.3. The Bertz CT molecular complexity index is 372. The van der Waals surface area contributed by atoms with Gasteiger partial charge in [-0.15, -0.1) is 0 Å². The van der Waals surface area contributed by atoms with Gasteiger partial charge in [0, 0.05) is 20.0 Å². The first-order valence-corrected chi connectivity index (χ1v) is 6.34. The zero-order chi connectivity index (χ0) is 14.6. The number of nitrogens with zero attached hydrogens (tertiary/aromatic N) is 1. The highest BCUT2D eigenvalue weighted by Gasteiger charge is 2.34. The zero-order valence-electron chi connectivity index (χ0n) is 11.3. The van der Waals surface area contributed by atoms with Gasteiger partial charge in [0.05, 0.1) is 0 Å². The number of carboxylic acids is 1. The number of hydrogen-bond donors (Lipinski definition) is 3. The van der Waals surface area contributed by atoms with E-state index in [1.165, 1.54) is 4.90 Å². The number of primary amides is 1. The fraction of sp³-hybridized carbons (Fsp3) is 0.750. The Balaban J connectivity index is 2.41. The third-order valence-corrected chi connectivity index (χ3v) is 3.41. The van der Waals surface area contributed by atoms with Gasteiger partial charge < -0.3 is 21.1 Å². The van der Waals surface area contributed by atoms with Gasteiger partial charge in [-0.25, -0.2) is 9.59 Å². The van der Waals surface area contributed by atoms with Crippen molar-refractivity contribution in [3.63, 3.8) is 0 Å². The van der Waals surface area contributed by atoms with E-state index in [1.807, 2.05) is 0 Å². The molecule has 0 aromatic rings. The molecule has 3 amide bonds. The summed E-state index contributed by atoms with van der Waals surface area (Å²) in [4.78, 5) is 34.9. The van der Waals surface area contributed by atoms with E-state index in [0.717, 1.165) is 6.42 Å². The van der Waals surface area contributed by atoms with Gasteiger partial charge in [-0.2, -0.15) is 0 Å². The molecule has 2 unspecified atom stereocenters. The van der Waals surface area contributed by atoms with Crippen molar-refractivity contribution in [1.82, 2.24) is 10.2 Å². The fourth-order valence-electron chi connectivity index (χ4n) is 1.89. The highest BCUT2D eigenvalue weighted by Crippen LogP contribution is 2.37. The van der Waals surface area contributed by atoms with E-state index in [0.29, 0.717) is 18.4 Å². The van der Waals surface area contributed by atoms with E-state index in [2.05, 4.69) is 12.2 Å². The van der Waals surface area contributed by atoms with Gasteiger partial charge in [0.1, 0.15) is 6.04 Å². The largest absolute Gasteiger partial charge is 0.480 e. The van der Waals surface area contributed by atoms with Crippen LogP contribution >= 0.6 is 0 Å². The van der Waals surface area contributed by atoms with E-state index >= 15 is 0 Å². The minimum absolute atomic E-state index is 0.00405. The molecule has 3 atom stereocenters. The van der Waals surface area contributed by atoms with Crippen LogP contribution in [0.1, 0.15) is 26.2 Å². The molecule has 0 aromatic heterocycles. The van der Waals surface area contributed by atoms with Crippen LogP contribution < -0.4 is 11.1 Å². The molecule has 1 aliphatic carbocycles. The third kappa shape index (κ3) is 5.15. The van der Waals surface area contributed by atoms with Gasteiger partial charge in [-0.05, 0) is 24.7 Å². The summed E-state index contributed by atoms with van der Waals surface area (Å²) >= 11 is 0. The van der Waals surface area contributed by atoms with Crippen molar-refractivity contribution in [2.75, 3.05) is 13.6 Å². The second kappa shape index (κ2) is 6.40. The summed E-state index contributed by atoms with van der Waals surface area (Å²) in [5, 5.41) is 11.4. The third-order valence-electron chi connectivity index (χ3n) is 3.41. The van der Waals surface area contributed by atoms with Crippen LogP contribution in [0.15, 0.2) is 0 Å². The Hall–Kier alpha value is -1.79. The molecule has 1 aliphatic rings. The number of nitrogens with one attached hydrogen (secondary N) is 1. The molecular formula is C12H21N3O4. The Labute approximate surface area is 112 Å². The van der Waals surface area contributed by atoms with Gasteiger partial charge in [-0.1, -0.05) is 6.92 Å². The molecule has 0 radical (unpaired) electrons. The van der Waals surface area contributed by atoms with E-state index in [-0.39, 0.29) is 12.8 Å².